The zero-order valence-corrected chi connectivity index (χ0v) is 16.9. The van der Waals surface area contributed by atoms with E-state index in [2.05, 4.69) is 15.0 Å². The van der Waals surface area contributed by atoms with Gasteiger partial charge >= 0.3 is 6.61 Å². The molecule has 0 aliphatic heterocycles. The number of likely N-dealkylation sites (N-methyl/N-ethyl adjacent to an activating group) is 1. The minimum Gasteiger partial charge on any atom is -0.493 e. The number of hydrogen-bond acceptors (Lipinski definition) is 4. The van der Waals surface area contributed by atoms with Crippen molar-refractivity contribution in [1.82, 2.24) is 10.2 Å². The normalized spacial score (nSPS) is 11.3. The van der Waals surface area contributed by atoms with E-state index in [4.69, 9.17) is 9.47 Å². The van der Waals surface area contributed by atoms with E-state index in [-0.39, 0.29) is 11.5 Å². The number of aliphatic imine (C=N–C) groups is 1. The van der Waals surface area contributed by atoms with E-state index in [0.29, 0.717) is 26.1 Å². The van der Waals surface area contributed by atoms with Crippen LogP contribution in [0.15, 0.2) is 53.5 Å². The van der Waals surface area contributed by atoms with Crippen molar-refractivity contribution in [2.24, 2.45) is 4.99 Å². The molecule has 6 nitrogen and oxygen atoms in total. The van der Waals surface area contributed by atoms with Gasteiger partial charge in [0.05, 0.1) is 13.7 Å². The molecule has 2 aromatic rings. The zero-order valence-electron chi connectivity index (χ0n) is 16.9. The Bertz CT molecular complexity index is 773. The number of methoxy groups -OCH3 is 1. The summed E-state index contributed by atoms with van der Waals surface area (Å²) in [4.78, 5) is 6.22. The van der Waals surface area contributed by atoms with Crippen LogP contribution in [0, 0.1) is 0 Å². The molecule has 8 heteroatoms. The Kier molecular flexibility index (Phi) is 9.01. The molecule has 0 aliphatic carbocycles. The number of halogens is 2. The Morgan fingerprint density at radius 3 is 2.55 bits per heavy atom. The number of alkyl halides is 2. The Balaban J connectivity index is 1.81. The summed E-state index contributed by atoms with van der Waals surface area (Å²) in [6.07, 6.45) is 0.608. The maximum Gasteiger partial charge on any atom is 0.387 e. The first-order valence-electron chi connectivity index (χ1n) is 9.25. The highest BCUT2D eigenvalue weighted by atomic mass is 19.3. The molecule has 0 saturated carbocycles. The number of rotatable bonds is 10. The van der Waals surface area contributed by atoms with Gasteiger partial charge in [-0.3, -0.25) is 4.99 Å². The lowest BCUT2D eigenvalue weighted by molar-refractivity contribution is -0.0512. The smallest absolute Gasteiger partial charge is 0.387 e. The minimum absolute atomic E-state index is 0.0274. The molecule has 0 unspecified atom stereocenters. The van der Waals surface area contributed by atoms with Gasteiger partial charge in [-0.05, 0) is 36.2 Å². The highest BCUT2D eigenvalue weighted by Crippen LogP contribution is 2.29. The molecule has 0 amide bonds. The van der Waals surface area contributed by atoms with Gasteiger partial charge in [-0.15, -0.1) is 0 Å². The van der Waals surface area contributed by atoms with E-state index < -0.39 is 6.61 Å². The molecule has 0 bridgehead atoms. The summed E-state index contributed by atoms with van der Waals surface area (Å²) in [7, 11) is 5.04. The summed E-state index contributed by atoms with van der Waals surface area (Å²) >= 11 is 0. The number of para-hydroxylation sites is 1. The molecular weight excluding hydrogens is 380 g/mol. The van der Waals surface area contributed by atoms with Crippen molar-refractivity contribution in [1.29, 1.82) is 0 Å². The van der Waals surface area contributed by atoms with Crippen molar-refractivity contribution >= 4 is 5.96 Å². The summed E-state index contributed by atoms with van der Waals surface area (Å²) in [5.41, 5.74) is 0.847. The molecule has 0 atom stereocenters. The third-order valence-electron chi connectivity index (χ3n) is 4.15. The van der Waals surface area contributed by atoms with Crippen LogP contribution < -0.4 is 19.5 Å². The van der Waals surface area contributed by atoms with Crippen LogP contribution in [0.4, 0.5) is 8.78 Å². The summed E-state index contributed by atoms with van der Waals surface area (Å²) in [6.45, 7) is -1.14. The van der Waals surface area contributed by atoms with E-state index in [1.165, 1.54) is 7.11 Å². The zero-order chi connectivity index (χ0) is 21.1. The van der Waals surface area contributed by atoms with Crippen molar-refractivity contribution in [2.75, 3.05) is 40.9 Å². The fourth-order valence-electron chi connectivity index (χ4n) is 2.69. The third kappa shape index (κ3) is 7.48. The fraction of sp³-hybridized carbons (Fsp3) is 0.381. The summed E-state index contributed by atoms with van der Waals surface area (Å²) in [5, 5.41) is 3.26. The molecule has 158 valence electrons. The number of benzene rings is 2. The van der Waals surface area contributed by atoms with Gasteiger partial charge in [-0.25, -0.2) is 0 Å². The van der Waals surface area contributed by atoms with Crippen LogP contribution in [-0.2, 0) is 6.42 Å². The summed E-state index contributed by atoms with van der Waals surface area (Å²) in [5.74, 6) is 1.85. The van der Waals surface area contributed by atoms with Crippen LogP contribution in [0.25, 0.3) is 0 Å². The lowest BCUT2D eigenvalue weighted by Crippen LogP contribution is -2.41. The highest BCUT2D eigenvalue weighted by molar-refractivity contribution is 5.79. The van der Waals surface area contributed by atoms with Crippen LogP contribution >= 0.6 is 0 Å². The van der Waals surface area contributed by atoms with Crippen LogP contribution in [0.3, 0.4) is 0 Å². The van der Waals surface area contributed by atoms with E-state index in [1.807, 2.05) is 48.3 Å². The second-order valence-electron chi connectivity index (χ2n) is 6.17. The SMILES string of the molecule is CN=C(NCCc1ccc(OC)c(OC(F)F)c1)N(C)CCOc1ccccc1. The Hall–Kier alpha value is -3.03. The molecule has 2 aromatic carbocycles. The molecule has 0 radical (unpaired) electrons. The van der Waals surface area contributed by atoms with Gasteiger partial charge in [0, 0.05) is 20.6 Å². The quantitative estimate of drug-likeness (QED) is 0.483. The van der Waals surface area contributed by atoms with E-state index in [0.717, 1.165) is 17.3 Å². The lowest BCUT2D eigenvalue weighted by atomic mass is 10.1. The molecule has 0 spiro atoms. The first-order chi connectivity index (χ1) is 14.0. The van der Waals surface area contributed by atoms with Crippen molar-refractivity contribution < 1.29 is 23.0 Å². The minimum atomic E-state index is -2.90. The third-order valence-corrected chi connectivity index (χ3v) is 4.15. The molecule has 2 rings (SSSR count). The Labute approximate surface area is 170 Å². The van der Waals surface area contributed by atoms with Gasteiger partial charge in [0.1, 0.15) is 12.4 Å². The number of ether oxygens (including phenoxy) is 3. The average Bonchev–Trinajstić information content (AvgIpc) is 2.71. The van der Waals surface area contributed by atoms with Crippen molar-refractivity contribution in [3.8, 4) is 17.2 Å². The van der Waals surface area contributed by atoms with Gasteiger partial charge < -0.3 is 24.4 Å². The standard InChI is InChI=1S/C21H27F2N3O3/c1-24-21(26(2)13-14-28-17-7-5-4-6-8-17)25-12-11-16-9-10-18(27-3)19(15-16)29-20(22)23/h4-10,15,20H,11-14H2,1-3H3,(H,24,25). The summed E-state index contributed by atoms with van der Waals surface area (Å²) < 4.78 is 40.4. The van der Waals surface area contributed by atoms with Gasteiger partial charge in [0.2, 0.25) is 0 Å². The van der Waals surface area contributed by atoms with Gasteiger partial charge in [0.25, 0.3) is 0 Å². The van der Waals surface area contributed by atoms with Gasteiger partial charge in [-0.2, -0.15) is 8.78 Å². The number of hydrogen-bond donors (Lipinski definition) is 1. The van der Waals surface area contributed by atoms with Crippen LogP contribution in [0.5, 0.6) is 17.2 Å². The lowest BCUT2D eigenvalue weighted by Gasteiger charge is -2.22. The molecule has 0 aliphatic rings. The van der Waals surface area contributed by atoms with Crippen molar-refractivity contribution in [3.05, 3.63) is 54.1 Å². The molecule has 0 aromatic heterocycles. The first kappa shape index (κ1) is 22.3. The largest absolute Gasteiger partial charge is 0.493 e. The maximum absolute atomic E-state index is 12.5. The second-order valence-corrected chi connectivity index (χ2v) is 6.17. The fourth-order valence-corrected chi connectivity index (χ4v) is 2.69. The van der Waals surface area contributed by atoms with E-state index in [9.17, 15) is 8.78 Å². The van der Waals surface area contributed by atoms with Crippen LogP contribution in [0.2, 0.25) is 0 Å². The van der Waals surface area contributed by atoms with Crippen molar-refractivity contribution in [2.45, 2.75) is 13.0 Å². The molecular formula is C21H27F2N3O3. The van der Waals surface area contributed by atoms with Crippen LogP contribution in [0.1, 0.15) is 5.56 Å². The van der Waals surface area contributed by atoms with Gasteiger partial charge in [-0.1, -0.05) is 24.3 Å². The number of guanidine groups is 1. The van der Waals surface area contributed by atoms with Gasteiger partial charge in [0.15, 0.2) is 17.5 Å². The second kappa shape index (κ2) is 11.7. The summed E-state index contributed by atoms with van der Waals surface area (Å²) in [6, 6.07) is 14.6. The average molecular weight is 407 g/mol. The molecule has 0 fully saturated rings. The first-order valence-corrected chi connectivity index (χ1v) is 9.25. The Morgan fingerprint density at radius 1 is 1.14 bits per heavy atom. The number of nitrogens with one attached hydrogen (secondary N) is 1. The Morgan fingerprint density at radius 2 is 1.90 bits per heavy atom. The monoisotopic (exact) mass is 407 g/mol. The molecule has 1 N–H and O–H groups in total. The molecule has 0 saturated heterocycles. The predicted octanol–water partition coefficient (Wildman–Crippen LogP) is 3.43. The number of nitrogens with zero attached hydrogens (tertiary/aromatic N) is 2. The topological polar surface area (TPSA) is 55.3 Å². The van der Waals surface area contributed by atoms with E-state index >= 15 is 0 Å². The predicted molar refractivity (Wildman–Crippen MR) is 109 cm³/mol. The van der Waals surface area contributed by atoms with Crippen molar-refractivity contribution in [3.63, 3.8) is 0 Å². The molecule has 29 heavy (non-hydrogen) atoms. The maximum atomic E-state index is 12.5. The van der Waals surface area contributed by atoms with E-state index in [1.54, 1.807) is 19.2 Å². The molecule has 0 heterocycles. The van der Waals surface area contributed by atoms with Crippen LogP contribution in [-0.4, -0.2) is 58.4 Å². The highest BCUT2D eigenvalue weighted by Gasteiger charge is 2.12.